The molecule has 1 fully saturated rings. The molecule has 1 aromatic carbocycles. The number of anilines is 1. The summed E-state index contributed by atoms with van der Waals surface area (Å²) in [4.78, 5) is 16.2. The minimum absolute atomic E-state index is 0.0739. The van der Waals surface area contributed by atoms with Gasteiger partial charge in [0.1, 0.15) is 22.6 Å². The number of nitrogens with zero attached hydrogens (tertiary/aromatic N) is 2. The molecule has 0 bridgehead atoms. The largest absolute Gasteiger partial charge is 0.497 e. The van der Waals surface area contributed by atoms with Crippen molar-refractivity contribution in [1.82, 2.24) is 4.90 Å². The molecule has 1 saturated heterocycles. The lowest BCUT2D eigenvalue weighted by Gasteiger charge is -2.26. The van der Waals surface area contributed by atoms with E-state index in [9.17, 15) is 10.1 Å². The van der Waals surface area contributed by atoms with Gasteiger partial charge in [0.2, 0.25) is 5.91 Å². The molecule has 2 heterocycles. The van der Waals surface area contributed by atoms with E-state index < -0.39 is 0 Å². The molecule has 0 saturated carbocycles. The number of benzene rings is 1. The average Bonchev–Trinajstić information content (AvgIpc) is 3.43. The number of ether oxygens (including phenoxy) is 2. The third kappa shape index (κ3) is 3.83. The summed E-state index contributed by atoms with van der Waals surface area (Å²) in [5.74, 6) is 1.52. The summed E-state index contributed by atoms with van der Waals surface area (Å²) in [6, 6.07) is 8.19. The molecule has 1 N–H and O–H groups in total. The van der Waals surface area contributed by atoms with E-state index in [-0.39, 0.29) is 11.9 Å². The number of aryl methyl sites for hydroxylation is 1. The zero-order valence-corrected chi connectivity index (χ0v) is 17.6. The Morgan fingerprint density at radius 1 is 1.31 bits per heavy atom. The number of nitriles is 1. The summed E-state index contributed by atoms with van der Waals surface area (Å²) in [7, 11) is 3.31. The van der Waals surface area contributed by atoms with Gasteiger partial charge in [-0.25, -0.2) is 0 Å². The van der Waals surface area contributed by atoms with Crippen molar-refractivity contribution in [3.05, 3.63) is 39.8 Å². The molecule has 0 radical (unpaired) electrons. The van der Waals surface area contributed by atoms with E-state index in [2.05, 4.69) is 16.3 Å². The molecule has 7 heteroatoms. The summed E-state index contributed by atoms with van der Waals surface area (Å²) >= 11 is 1.56. The second-order valence-corrected chi connectivity index (χ2v) is 8.56. The summed E-state index contributed by atoms with van der Waals surface area (Å²) in [6.45, 7) is 1.14. The summed E-state index contributed by atoms with van der Waals surface area (Å²) < 4.78 is 10.9. The smallest absolute Gasteiger partial charge is 0.239 e. The fraction of sp³-hybridized carbons (Fsp3) is 0.455. The first-order valence-corrected chi connectivity index (χ1v) is 10.8. The van der Waals surface area contributed by atoms with E-state index in [1.807, 2.05) is 18.2 Å². The summed E-state index contributed by atoms with van der Waals surface area (Å²) in [6.07, 6.45) is 5.04. The van der Waals surface area contributed by atoms with E-state index in [0.29, 0.717) is 17.1 Å². The van der Waals surface area contributed by atoms with Crippen molar-refractivity contribution in [2.24, 2.45) is 0 Å². The second-order valence-electron chi connectivity index (χ2n) is 7.46. The predicted molar refractivity (Wildman–Crippen MR) is 113 cm³/mol. The Kier molecular flexibility index (Phi) is 5.74. The molecule has 1 aromatic heterocycles. The molecule has 2 aliphatic rings. The highest BCUT2D eigenvalue weighted by Gasteiger charge is 2.31. The normalized spacial score (nSPS) is 18.3. The van der Waals surface area contributed by atoms with Crippen molar-refractivity contribution >= 4 is 22.2 Å². The second kappa shape index (κ2) is 8.44. The highest BCUT2D eigenvalue weighted by molar-refractivity contribution is 7.16. The van der Waals surface area contributed by atoms with E-state index in [4.69, 9.17) is 9.47 Å². The lowest BCUT2D eigenvalue weighted by Crippen LogP contribution is -2.33. The Labute approximate surface area is 175 Å². The Balaban J connectivity index is 1.50. The summed E-state index contributed by atoms with van der Waals surface area (Å²) in [5.41, 5.74) is 2.83. The lowest BCUT2D eigenvalue weighted by molar-refractivity contribution is -0.117. The number of hydrogen-bond acceptors (Lipinski definition) is 6. The molecule has 2 aromatic rings. The fourth-order valence-corrected chi connectivity index (χ4v) is 5.68. The first-order valence-electron chi connectivity index (χ1n) is 9.95. The number of likely N-dealkylation sites (tertiary alicyclic amines) is 1. The molecule has 6 nitrogen and oxygen atoms in total. The van der Waals surface area contributed by atoms with E-state index in [1.54, 1.807) is 25.6 Å². The van der Waals surface area contributed by atoms with Crippen molar-refractivity contribution in [2.45, 2.75) is 38.1 Å². The number of carbonyl (C=O) groups excluding carboxylic acids is 1. The van der Waals surface area contributed by atoms with E-state index >= 15 is 0 Å². The van der Waals surface area contributed by atoms with Crippen LogP contribution >= 0.6 is 11.3 Å². The lowest BCUT2D eigenvalue weighted by atomic mass is 10.0. The first-order chi connectivity index (χ1) is 14.1. The number of carbonyl (C=O) groups is 1. The van der Waals surface area contributed by atoms with Crippen LogP contribution in [0.4, 0.5) is 5.00 Å². The highest BCUT2D eigenvalue weighted by Crippen LogP contribution is 2.40. The van der Waals surface area contributed by atoms with Gasteiger partial charge < -0.3 is 14.8 Å². The summed E-state index contributed by atoms with van der Waals surface area (Å²) in [5, 5.41) is 13.2. The van der Waals surface area contributed by atoms with Crippen LogP contribution < -0.4 is 14.8 Å². The molecule has 1 aliphatic heterocycles. The molecule has 0 spiro atoms. The Morgan fingerprint density at radius 3 is 2.93 bits per heavy atom. The van der Waals surface area contributed by atoms with Crippen LogP contribution in [0, 0.1) is 11.3 Å². The third-order valence-electron chi connectivity index (χ3n) is 5.79. The molecule has 1 atom stereocenters. The Hall–Kier alpha value is -2.56. The third-order valence-corrected chi connectivity index (χ3v) is 7.00. The van der Waals surface area contributed by atoms with E-state index in [0.717, 1.165) is 61.3 Å². The van der Waals surface area contributed by atoms with Crippen LogP contribution in [0.15, 0.2) is 18.2 Å². The van der Waals surface area contributed by atoms with Crippen molar-refractivity contribution in [3.63, 3.8) is 0 Å². The quantitative estimate of drug-likeness (QED) is 0.780. The van der Waals surface area contributed by atoms with Crippen LogP contribution in [0.25, 0.3) is 0 Å². The minimum Gasteiger partial charge on any atom is -0.497 e. The zero-order valence-electron chi connectivity index (χ0n) is 16.8. The van der Waals surface area contributed by atoms with Gasteiger partial charge in [0.05, 0.1) is 26.3 Å². The van der Waals surface area contributed by atoms with Gasteiger partial charge in [-0.1, -0.05) is 0 Å². The van der Waals surface area contributed by atoms with Crippen LogP contribution in [-0.4, -0.2) is 38.1 Å². The van der Waals surface area contributed by atoms with Crippen molar-refractivity contribution < 1.29 is 14.3 Å². The molecular weight excluding hydrogens is 386 g/mol. The van der Waals surface area contributed by atoms with Crippen LogP contribution in [0.5, 0.6) is 11.5 Å². The minimum atomic E-state index is -0.0739. The van der Waals surface area contributed by atoms with Crippen LogP contribution in [-0.2, 0) is 17.6 Å². The van der Waals surface area contributed by atoms with Crippen molar-refractivity contribution in [1.29, 1.82) is 5.26 Å². The predicted octanol–water partition coefficient (Wildman–Crippen LogP) is 3.90. The van der Waals surface area contributed by atoms with Crippen LogP contribution in [0.3, 0.4) is 0 Å². The SMILES string of the molecule is COc1ccc(OC)c([C@@H]2CCCN2CC(=O)Nc2sc3c(c2C#N)CCC3)c1. The standard InChI is InChI=1S/C22H25N3O3S/c1-27-14-8-9-19(28-2)16(11-14)18-6-4-10-25(18)13-21(26)24-22-17(12-23)15-5-3-7-20(15)29-22/h8-9,11,18H,3-7,10,13H2,1-2H3,(H,24,26)/t18-/m0/s1. The first kappa shape index (κ1) is 19.7. The van der Waals surface area contributed by atoms with Gasteiger partial charge in [-0.05, 0) is 62.4 Å². The number of methoxy groups -OCH3 is 2. The topological polar surface area (TPSA) is 74.6 Å². The molecule has 1 amide bonds. The maximum absolute atomic E-state index is 12.8. The average molecular weight is 412 g/mol. The van der Waals surface area contributed by atoms with Crippen LogP contribution in [0.1, 0.15) is 46.9 Å². The number of fused-ring (bicyclic) bond motifs is 1. The van der Waals surface area contributed by atoms with Gasteiger partial charge in [0, 0.05) is 16.5 Å². The number of nitrogens with one attached hydrogen (secondary N) is 1. The molecule has 152 valence electrons. The monoisotopic (exact) mass is 411 g/mol. The van der Waals surface area contributed by atoms with Gasteiger partial charge in [0.15, 0.2) is 0 Å². The van der Waals surface area contributed by atoms with Gasteiger partial charge >= 0.3 is 0 Å². The number of rotatable bonds is 6. The maximum Gasteiger partial charge on any atom is 0.239 e. The van der Waals surface area contributed by atoms with Crippen molar-refractivity contribution in [3.8, 4) is 17.6 Å². The Morgan fingerprint density at radius 2 is 2.17 bits per heavy atom. The number of hydrogen-bond donors (Lipinski definition) is 1. The maximum atomic E-state index is 12.8. The van der Waals surface area contributed by atoms with Gasteiger partial charge in [-0.2, -0.15) is 5.26 Å². The number of thiophene rings is 1. The number of amides is 1. The fourth-order valence-electron chi connectivity index (χ4n) is 4.43. The van der Waals surface area contributed by atoms with Gasteiger partial charge in [-0.3, -0.25) is 9.69 Å². The molecule has 29 heavy (non-hydrogen) atoms. The van der Waals surface area contributed by atoms with Crippen LogP contribution in [0.2, 0.25) is 0 Å². The molecule has 1 aliphatic carbocycles. The molecule has 0 unspecified atom stereocenters. The van der Waals surface area contributed by atoms with Crippen molar-refractivity contribution in [2.75, 3.05) is 32.6 Å². The van der Waals surface area contributed by atoms with E-state index in [1.165, 1.54) is 4.88 Å². The van der Waals surface area contributed by atoms with Gasteiger partial charge in [0.25, 0.3) is 0 Å². The molecular formula is C22H25N3O3S. The highest BCUT2D eigenvalue weighted by atomic mass is 32.1. The Bertz CT molecular complexity index is 963. The molecule has 4 rings (SSSR count). The van der Waals surface area contributed by atoms with Gasteiger partial charge in [-0.15, -0.1) is 11.3 Å². The zero-order chi connectivity index (χ0) is 20.4.